The zero-order chi connectivity index (χ0) is 13.1. The molecule has 18 heavy (non-hydrogen) atoms. The van der Waals surface area contributed by atoms with Gasteiger partial charge in [0.1, 0.15) is 5.82 Å². The minimum absolute atomic E-state index is 0.0555. The summed E-state index contributed by atoms with van der Waals surface area (Å²) in [5.74, 6) is 1.13. The summed E-state index contributed by atoms with van der Waals surface area (Å²) in [4.78, 5) is 19.3. The molecule has 1 aromatic heterocycles. The van der Waals surface area contributed by atoms with Gasteiger partial charge in [0.25, 0.3) is 5.56 Å². The predicted octanol–water partition coefficient (Wildman–Crippen LogP) is 3.24. The monoisotopic (exact) mass is 354 g/mol. The summed E-state index contributed by atoms with van der Waals surface area (Å²) in [6.07, 6.45) is 0.821. The number of nitrogens with zero attached hydrogens (tertiary/aromatic N) is 1. The number of benzene rings is 1. The molecule has 0 aliphatic rings. The van der Waals surface area contributed by atoms with Gasteiger partial charge in [-0.2, -0.15) is 0 Å². The van der Waals surface area contributed by atoms with Gasteiger partial charge < -0.3 is 4.98 Å². The van der Waals surface area contributed by atoms with E-state index in [2.05, 4.69) is 46.4 Å². The molecule has 1 heterocycles. The molecule has 0 unspecified atom stereocenters. The second-order valence-corrected chi connectivity index (χ2v) is 5.72. The van der Waals surface area contributed by atoms with E-state index in [-0.39, 0.29) is 5.56 Å². The average molecular weight is 354 g/mol. The lowest BCUT2D eigenvalue weighted by molar-refractivity contribution is 0.631. The van der Waals surface area contributed by atoms with Crippen molar-refractivity contribution in [3.8, 4) is 11.4 Å². The molecule has 0 radical (unpaired) electrons. The van der Waals surface area contributed by atoms with Crippen molar-refractivity contribution in [3.63, 3.8) is 0 Å². The van der Waals surface area contributed by atoms with Gasteiger partial charge in [-0.3, -0.25) is 4.79 Å². The summed E-state index contributed by atoms with van der Waals surface area (Å²) in [5, 5.41) is 0. The SMILES string of the molecule is CC(C)Cc1nc(-c2ccccc2)[nH]c(=O)c1I. The minimum atomic E-state index is -0.0555. The van der Waals surface area contributed by atoms with Crippen LogP contribution in [0.15, 0.2) is 35.1 Å². The molecule has 0 saturated heterocycles. The Kier molecular flexibility index (Phi) is 4.16. The molecule has 0 atom stereocenters. The summed E-state index contributed by atoms with van der Waals surface area (Å²) in [5.41, 5.74) is 1.77. The first-order valence-corrected chi connectivity index (χ1v) is 7.00. The maximum atomic E-state index is 11.9. The largest absolute Gasteiger partial charge is 0.306 e. The quantitative estimate of drug-likeness (QED) is 0.861. The van der Waals surface area contributed by atoms with E-state index in [1.54, 1.807) is 0 Å². The summed E-state index contributed by atoms with van der Waals surface area (Å²) >= 11 is 2.07. The van der Waals surface area contributed by atoms with Crippen molar-refractivity contribution in [1.29, 1.82) is 0 Å². The lowest BCUT2D eigenvalue weighted by atomic mass is 10.1. The second-order valence-electron chi connectivity index (χ2n) is 4.64. The first-order chi connectivity index (χ1) is 8.58. The molecule has 94 valence electrons. The Morgan fingerprint density at radius 1 is 1.28 bits per heavy atom. The number of halogens is 1. The zero-order valence-electron chi connectivity index (χ0n) is 10.4. The average Bonchev–Trinajstić information content (AvgIpc) is 2.35. The van der Waals surface area contributed by atoms with Crippen molar-refractivity contribution in [2.75, 3.05) is 0 Å². The van der Waals surface area contributed by atoms with Crippen LogP contribution >= 0.6 is 22.6 Å². The van der Waals surface area contributed by atoms with Crippen LogP contribution in [0.1, 0.15) is 19.5 Å². The predicted molar refractivity (Wildman–Crippen MR) is 81.6 cm³/mol. The van der Waals surface area contributed by atoms with Crippen molar-refractivity contribution < 1.29 is 0 Å². The van der Waals surface area contributed by atoms with Crippen LogP contribution in [0, 0.1) is 9.49 Å². The highest BCUT2D eigenvalue weighted by molar-refractivity contribution is 14.1. The van der Waals surface area contributed by atoms with Gasteiger partial charge in [-0.05, 0) is 34.9 Å². The smallest absolute Gasteiger partial charge is 0.264 e. The molecule has 1 aromatic carbocycles. The van der Waals surface area contributed by atoms with Crippen LogP contribution < -0.4 is 5.56 Å². The van der Waals surface area contributed by atoms with E-state index in [1.165, 1.54) is 0 Å². The first-order valence-electron chi connectivity index (χ1n) is 5.92. The van der Waals surface area contributed by atoms with Crippen LogP contribution in [0.3, 0.4) is 0 Å². The fraction of sp³-hybridized carbons (Fsp3) is 0.286. The van der Waals surface area contributed by atoms with E-state index in [0.717, 1.165) is 17.7 Å². The minimum Gasteiger partial charge on any atom is -0.306 e. The van der Waals surface area contributed by atoms with Crippen LogP contribution in [0.2, 0.25) is 0 Å². The molecule has 2 aromatic rings. The van der Waals surface area contributed by atoms with Crippen LogP contribution in [-0.4, -0.2) is 9.97 Å². The molecule has 3 nitrogen and oxygen atoms in total. The highest BCUT2D eigenvalue weighted by Crippen LogP contribution is 2.16. The Bertz CT molecular complexity index is 590. The number of aromatic nitrogens is 2. The topological polar surface area (TPSA) is 45.8 Å². The Labute approximate surface area is 120 Å². The van der Waals surface area contributed by atoms with E-state index in [1.807, 2.05) is 30.3 Å². The van der Waals surface area contributed by atoms with Gasteiger partial charge in [0.15, 0.2) is 0 Å². The fourth-order valence-electron chi connectivity index (χ4n) is 1.76. The number of aromatic amines is 1. The van der Waals surface area contributed by atoms with Crippen LogP contribution in [-0.2, 0) is 6.42 Å². The molecule has 0 aliphatic heterocycles. The third kappa shape index (κ3) is 2.98. The number of hydrogen-bond acceptors (Lipinski definition) is 2. The standard InChI is InChI=1S/C14H15IN2O/c1-9(2)8-11-12(15)14(18)17-13(16-11)10-6-4-3-5-7-10/h3-7,9H,8H2,1-2H3,(H,16,17,18). The lowest BCUT2D eigenvalue weighted by Crippen LogP contribution is -2.17. The van der Waals surface area contributed by atoms with E-state index >= 15 is 0 Å². The van der Waals surface area contributed by atoms with E-state index in [9.17, 15) is 4.79 Å². The second kappa shape index (κ2) is 5.65. The Morgan fingerprint density at radius 3 is 2.56 bits per heavy atom. The van der Waals surface area contributed by atoms with Gasteiger partial charge >= 0.3 is 0 Å². The van der Waals surface area contributed by atoms with Crippen LogP contribution in [0.4, 0.5) is 0 Å². The lowest BCUT2D eigenvalue weighted by Gasteiger charge is -2.08. The van der Waals surface area contributed by atoms with Crippen LogP contribution in [0.25, 0.3) is 11.4 Å². The van der Waals surface area contributed by atoms with Crippen molar-refractivity contribution in [2.24, 2.45) is 5.92 Å². The highest BCUT2D eigenvalue weighted by Gasteiger charge is 2.11. The van der Waals surface area contributed by atoms with Crippen LogP contribution in [0.5, 0.6) is 0 Å². The van der Waals surface area contributed by atoms with Crippen molar-refractivity contribution >= 4 is 22.6 Å². The molecule has 0 bridgehead atoms. The summed E-state index contributed by atoms with van der Waals surface area (Å²) in [7, 11) is 0. The number of nitrogens with one attached hydrogen (secondary N) is 1. The molecule has 0 saturated carbocycles. The Hall–Kier alpha value is -1.17. The van der Waals surface area contributed by atoms with Crippen molar-refractivity contribution in [3.05, 3.63) is 49.9 Å². The van der Waals surface area contributed by atoms with Gasteiger partial charge in [0.2, 0.25) is 0 Å². The summed E-state index contributed by atoms with van der Waals surface area (Å²) < 4.78 is 0.695. The molecular weight excluding hydrogens is 339 g/mol. The number of H-pyrrole nitrogens is 1. The molecule has 4 heteroatoms. The maximum absolute atomic E-state index is 11.9. The van der Waals surface area contributed by atoms with E-state index in [0.29, 0.717) is 15.3 Å². The molecular formula is C14H15IN2O. The molecule has 1 N–H and O–H groups in total. The fourth-order valence-corrected chi connectivity index (χ4v) is 2.24. The third-order valence-corrected chi connectivity index (χ3v) is 3.69. The Morgan fingerprint density at radius 2 is 1.94 bits per heavy atom. The normalized spacial score (nSPS) is 10.9. The van der Waals surface area contributed by atoms with Crippen molar-refractivity contribution in [2.45, 2.75) is 20.3 Å². The third-order valence-electron chi connectivity index (χ3n) is 2.58. The Balaban J connectivity index is 2.51. The van der Waals surface area contributed by atoms with E-state index in [4.69, 9.17) is 0 Å². The molecule has 0 aliphatic carbocycles. The van der Waals surface area contributed by atoms with Crippen molar-refractivity contribution in [1.82, 2.24) is 9.97 Å². The molecule has 0 fully saturated rings. The summed E-state index contributed by atoms with van der Waals surface area (Å²) in [6, 6.07) is 9.72. The highest BCUT2D eigenvalue weighted by atomic mass is 127. The zero-order valence-corrected chi connectivity index (χ0v) is 12.6. The molecule has 0 spiro atoms. The van der Waals surface area contributed by atoms with Gasteiger partial charge in [0.05, 0.1) is 9.26 Å². The molecule has 0 amide bonds. The first kappa shape index (κ1) is 13.3. The van der Waals surface area contributed by atoms with Gasteiger partial charge in [-0.15, -0.1) is 0 Å². The molecule has 2 rings (SSSR count). The number of hydrogen-bond donors (Lipinski definition) is 1. The van der Waals surface area contributed by atoms with E-state index < -0.39 is 0 Å². The number of rotatable bonds is 3. The maximum Gasteiger partial charge on any atom is 0.264 e. The van der Waals surface area contributed by atoms with Gasteiger partial charge in [-0.1, -0.05) is 44.2 Å². The summed E-state index contributed by atoms with van der Waals surface area (Å²) in [6.45, 7) is 4.25. The van der Waals surface area contributed by atoms with Gasteiger partial charge in [0, 0.05) is 5.56 Å². The van der Waals surface area contributed by atoms with Gasteiger partial charge in [-0.25, -0.2) is 4.98 Å².